The molecule has 1 aromatic rings. The molecule has 1 aliphatic rings. The summed E-state index contributed by atoms with van der Waals surface area (Å²) in [5.74, 6) is 4.55. The van der Waals surface area contributed by atoms with Gasteiger partial charge in [-0.2, -0.15) is 11.8 Å². The third-order valence-electron chi connectivity index (χ3n) is 2.53. The van der Waals surface area contributed by atoms with Crippen LogP contribution in [-0.4, -0.2) is 28.0 Å². The van der Waals surface area contributed by atoms with Crippen molar-refractivity contribution in [2.75, 3.05) is 18.1 Å². The summed E-state index contributed by atoms with van der Waals surface area (Å²) in [5, 5.41) is 3.47. The first-order chi connectivity index (χ1) is 6.84. The van der Waals surface area contributed by atoms with E-state index >= 15 is 0 Å². The van der Waals surface area contributed by atoms with Crippen LogP contribution in [0.25, 0.3) is 0 Å². The number of thioether (sulfide) groups is 1. The first-order valence-electron chi connectivity index (χ1n) is 5.13. The molecule has 0 saturated carbocycles. The van der Waals surface area contributed by atoms with Crippen molar-refractivity contribution in [1.29, 1.82) is 0 Å². The van der Waals surface area contributed by atoms with Gasteiger partial charge in [0.15, 0.2) is 0 Å². The first kappa shape index (κ1) is 10.1. The molecule has 0 spiro atoms. The summed E-state index contributed by atoms with van der Waals surface area (Å²) < 4.78 is 0. The first-order valence-corrected chi connectivity index (χ1v) is 6.29. The van der Waals surface area contributed by atoms with Crippen LogP contribution >= 0.6 is 11.8 Å². The molecule has 0 amide bonds. The quantitative estimate of drug-likeness (QED) is 0.794. The van der Waals surface area contributed by atoms with E-state index in [0.717, 1.165) is 24.8 Å². The molecule has 0 aromatic carbocycles. The summed E-state index contributed by atoms with van der Waals surface area (Å²) in [6.45, 7) is 4.05. The minimum Gasteiger partial charge on any atom is -0.345 e. The summed E-state index contributed by atoms with van der Waals surface area (Å²) in [7, 11) is 0. The molecule has 1 aromatic heterocycles. The zero-order valence-electron chi connectivity index (χ0n) is 8.55. The van der Waals surface area contributed by atoms with Crippen molar-refractivity contribution < 1.29 is 0 Å². The van der Waals surface area contributed by atoms with Gasteiger partial charge in [0.2, 0.25) is 0 Å². The van der Waals surface area contributed by atoms with Crippen LogP contribution in [0.2, 0.25) is 0 Å². The van der Waals surface area contributed by atoms with Crippen molar-refractivity contribution in [3.63, 3.8) is 0 Å². The lowest BCUT2D eigenvalue weighted by Gasteiger charge is -2.08. The number of imidazole rings is 1. The Labute approximate surface area is 89.1 Å². The second-order valence-corrected chi connectivity index (χ2v) is 5.00. The van der Waals surface area contributed by atoms with Crippen LogP contribution in [0.5, 0.6) is 0 Å². The highest BCUT2D eigenvalue weighted by Gasteiger charge is 2.14. The lowest BCUT2D eigenvalue weighted by molar-refractivity contribution is 0.520. The van der Waals surface area contributed by atoms with E-state index < -0.39 is 0 Å². The maximum Gasteiger partial charge on any atom is 0.103 e. The number of hydrogen-bond acceptors (Lipinski definition) is 3. The average molecular weight is 211 g/mol. The van der Waals surface area contributed by atoms with Gasteiger partial charge in [-0.1, -0.05) is 0 Å². The van der Waals surface area contributed by atoms with Crippen LogP contribution in [0.3, 0.4) is 0 Å². The number of aromatic nitrogens is 2. The van der Waals surface area contributed by atoms with Crippen molar-refractivity contribution in [3.8, 4) is 0 Å². The Bertz CT molecular complexity index is 279. The molecule has 2 heterocycles. The molecule has 3 nitrogen and oxygen atoms in total. The standard InChI is InChI=1S/C10H17N3S/c1-8-12-6-10(13-8)5-11-4-9-2-3-14-7-9/h6,9,11H,2-5,7H2,1H3,(H,12,13). The van der Waals surface area contributed by atoms with E-state index in [2.05, 4.69) is 27.0 Å². The number of aromatic amines is 1. The van der Waals surface area contributed by atoms with Gasteiger partial charge in [-0.25, -0.2) is 4.98 Å². The highest BCUT2D eigenvalue weighted by atomic mass is 32.2. The topological polar surface area (TPSA) is 40.7 Å². The predicted molar refractivity (Wildman–Crippen MR) is 60.5 cm³/mol. The van der Waals surface area contributed by atoms with Crippen molar-refractivity contribution in [2.45, 2.75) is 19.9 Å². The van der Waals surface area contributed by atoms with E-state index in [4.69, 9.17) is 0 Å². The molecule has 1 saturated heterocycles. The van der Waals surface area contributed by atoms with Crippen LogP contribution in [0, 0.1) is 12.8 Å². The summed E-state index contributed by atoms with van der Waals surface area (Å²) in [6, 6.07) is 0. The van der Waals surface area contributed by atoms with Gasteiger partial charge in [0, 0.05) is 18.4 Å². The molecule has 0 aliphatic carbocycles. The average Bonchev–Trinajstić information content (AvgIpc) is 2.77. The van der Waals surface area contributed by atoms with Gasteiger partial charge in [-0.3, -0.25) is 0 Å². The normalized spacial score (nSPS) is 21.6. The minimum atomic E-state index is 0.879. The highest BCUT2D eigenvalue weighted by molar-refractivity contribution is 7.99. The van der Waals surface area contributed by atoms with Crippen LogP contribution < -0.4 is 5.32 Å². The Balaban J connectivity index is 1.67. The highest BCUT2D eigenvalue weighted by Crippen LogP contribution is 2.22. The van der Waals surface area contributed by atoms with Gasteiger partial charge in [-0.15, -0.1) is 0 Å². The van der Waals surface area contributed by atoms with Gasteiger partial charge in [0.1, 0.15) is 5.82 Å². The number of hydrogen-bond donors (Lipinski definition) is 2. The number of rotatable bonds is 4. The summed E-state index contributed by atoms with van der Waals surface area (Å²) in [4.78, 5) is 7.39. The molecule has 0 radical (unpaired) electrons. The molecular weight excluding hydrogens is 194 g/mol. The lowest BCUT2D eigenvalue weighted by atomic mass is 10.1. The minimum absolute atomic E-state index is 0.879. The third-order valence-corrected chi connectivity index (χ3v) is 3.76. The van der Waals surface area contributed by atoms with Crippen molar-refractivity contribution in [3.05, 3.63) is 17.7 Å². The smallest absolute Gasteiger partial charge is 0.103 e. The molecule has 14 heavy (non-hydrogen) atoms. The fraction of sp³-hybridized carbons (Fsp3) is 0.700. The van der Waals surface area contributed by atoms with Gasteiger partial charge in [0.05, 0.1) is 0 Å². The number of nitrogens with one attached hydrogen (secondary N) is 2. The van der Waals surface area contributed by atoms with E-state index in [-0.39, 0.29) is 0 Å². The van der Waals surface area contributed by atoms with Gasteiger partial charge in [-0.05, 0) is 37.3 Å². The maximum atomic E-state index is 4.17. The fourth-order valence-corrected chi connectivity index (χ4v) is 3.00. The molecule has 1 unspecified atom stereocenters. The number of aryl methyl sites for hydroxylation is 1. The van der Waals surface area contributed by atoms with E-state index in [1.54, 1.807) is 0 Å². The molecule has 1 atom stereocenters. The summed E-state index contributed by atoms with van der Waals surface area (Å²) in [6.07, 6.45) is 3.28. The summed E-state index contributed by atoms with van der Waals surface area (Å²) in [5.41, 5.74) is 1.19. The monoisotopic (exact) mass is 211 g/mol. The van der Waals surface area contributed by atoms with Crippen molar-refractivity contribution in [1.82, 2.24) is 15.3 Å². The Hall–Kier alpha value is -0.480. The van der Waals surface area contributed by atoms with E-state index in [0.29, 0.717) is 0 Å². The SMILES string of the molecule is Cc1ncc(CNCC2CCSC2)[nH]1. The zero-order valence-corrected chi connectivity index (χ0v) is 9.36. The van der Waals surface area contributed by atoms with Crippen LogP contribution in [0.15, 0.2) is 6.20 Å². The zero-order chi connectivity index (χ0) is 9.80. The van der Waals surface area contributed by atoms with Gasteiger partial charge in [0.25, 0.3) is 0 Å². The van der Waals surface area contributed by atoms with E-state index in [1.165, 1.54) is 23.6 Å². The van der Waals surface area contributed by atoms with Crippen LogP contribution in [-0.2, 0) is 6.54 Å². The molecule has 1 aliphatic heterocycles. The fourth-order valence-electron chi connectivity index (χ4n) is 1.72. The van der Waals surface area contributed by atoms with Crippen LogP contribution in [0.4, 0.5) is 0 Å². The molecule has 78 valence electrons. The third kappa shape index (κ3) is 2.75. The Kier molecular flexibility index (Phi) is 3.48. The Morgan fingerprint density at radius 1 is 1.71 bits per heavy atom. The predicted octanol–water partition coefficient (Wildman–Crippen LogP) is 1.56. The van der Waals surface area contributed by atoms with Crippen molar-refractivity contribution in [2.24, 2.45) is 5.92 Å². The van der Waals surface area contributed by atoms with E-state index in [1.807, 2.05) is 13.1 Å². The van der Waals surface area contributed by atoms with Gasteiger partial charge >= 0.3 is 0 Å². The van der Waals surface area contributed by atoms with E-state index in [9.17, 15) is 0 Å². The Morgan fingerprint density at radius 3 is 3.29 bits per heavy atom. The molecule has 1 fully saturated rings. The molecule has 4 heteroatoms. The second-order valence-electron chi connectivity index (χ2n) is 3.85. The number of H-pyrrole nitrogens is 1. The van der Waals surface area contributed by atoms with Crippen molar-refractivity contribution >= 4 is 11.8 Å². The molecule has 2 rings (SSSR count). The van der Waals surface area contributed by atoms with Gasteiger partial charge < -0.3 is 10.3 Å². The molecular formula is C10H17N3S. The number of nitrogens with zero attached hydrogens (tertiary/aromatic N) is 1. The largest absolute Gasteiger partial charge is 0.345 e. The molecule has 2 N–H and O–H groups in total. The summed E-state index contributed by atoms with van der Waals surface area (Å²) >= 11 is 2.07. The second kappa shape index (κ2) is 4.84. The van der Waals surface area contributed by atoms with Crippen LogP contribution in [0.1, 0.15) is 17.9 Å². The Morgan fingerprint density at radius 2 is 2.64 bits per heavy atom. The molecule has 0 bridgehead atoms. The maximum absolute atomic E-state index is 4.17. The lowest BCUT2D eigenvalue weighted by Crippen LogP contribution is -2.22.